The average molecular weight is 321 g/mol. The van der Waals surface area contributed by atoms with E-state index in [2.05, 4.69) is 10.1 Å². The average Bonchev–Trinajstić information content (AvgIpc) is 2.47. The Hall–Kier alpha value is -2.47. The number of alkyl halides is 2. The molecule has 0 aliphatic heterocycles. The van der Waals surface area contributed by atoms with Crippen LogP contribution in [0.4, 0.5) is 14.5 Å². The highest BCUT2D eigenvalue weighted by molar-refractivity contribution is 5.91. The first-order chi connectivity index (χ1) is 10.9. The zero-order valence-electron chi connectivity index (χ0n) is 12.5. The quantitative estimate of drug-likeness (QED) is 0.856. The number of hydrogen-bond acceptors (Lipinski definition) is 3. The van der Waals surface area contributed by atoms with E-state index in [9.17, 15) is 18.7 Å². The minimum absolute atomic E-state index is 0.0485. The van der Waals surface area contributed by atoms with E-state index in [1.54, 1.807) is 30.3 Å². The standard InChI is InChI=1S/C17H17F2NO3/c1-17(22,12-6-3-2-4-7-12)11-15(21)20-13-8-5-9-14(10-13)23-16(18)19/h2-10,16,22H,11H2,1H3,(H,20,21). The van der Waals surface area contributed by atoms with Crippen LogP contribution in [-0.4, -0.2) is 17.6 Å². The van der Waals surface area contributed by atoms with Crippen LogP contribution < -0.4 is 10.1 Å². The number of nitrogens with one attached hydrogen (secondary N) is 1. The molecule has 2 rings (SSSR count). The lowest BCUT2D eigenvalue weighted by Gasteiger charge is -2.23. The van der Waals surface area contributed by atoms with Crippen LogP contribution in [0.15, 0.2) is 54.6 Å². The molecule has 6 heteroatoms. The van der Waals surface area contributed by atoms with Crippen LogP contribution >= 0.6 is 0 Å². The molecule has 1 unspecified atom stereocenters. The van der Waals surface area contributed by atoms with Crippen molar-refractivity contribution in [3.63, 3.8) is 0 Å². The number of carbonyl (C=O) groups excluding carboxylic acids is 1. The van der Waals surface area contributed by atoms with Gasteiger partial charge in [-0.1, -0.05) is 36.4 Å². The monoisotopic (exact) mass is 321 g/mol. The molecule has 0 radical (unpaired) electrons. The molecule has 0 heterocycles. The molecule has 122 valence electrons. The summed E-state index contributed by atoms with van der Waals surface area (Å²) in [5.74, 6) is -0.485. The van der Waals surface area contributed by atoms with Gasteiger partial charge in [0.2, 0.25) is 5.91 Å². The summed E-state index contributed by atoms with van der Waals surface area (Å²) in [7, 11) is 0. The molecule has 23 heavy (non-hydrogen) atoms. The van der Waals surface area contributed by atoms with Crippen LogP contribution in [-0.2, 0) is 10.4 Å². The normalized spacial score (nSPS) is 13.4. The Morgan fingerprint density at radius 2 is 1.91 bits per heavy atom. The van der Waals surface area contributed by atoms with Crippen molar-refractivity contribution >= 4 is 11.6 Å². The van der Waals surface area contributed by atoms with Crippen molar-refractivity contribution in [2.75, 3.05) is 5.32 Å². The van der Waals surface area contributed by atoms with Crippen molar-refractivity contribution in [2.24, 2.45) is 0 Å². The number of amides is 1. The largest absolute Gasteiger partial charge is 0.435 e. The van der Waals surface area contributed by atoms with Crippen molar-refractivity contribution in [2.45, 2.75) is 25.6 Å². The zero-order valence-corrected chi connectivity index (χ0v) is 12.5. The number of aliphatic hydroxyl groups is 1. The van der Waals surface area contributed by atoms with E-state index in [1.165, 1.54) is 25.1 Å². The molecule has 2 aromatic carbocycles. The molecular formula is C17H17F2NO3. The van der Waals surface area contributed by atoms with Gasteiger partial charge in [-0.25, -0.2) is 0 Å². The van der Waals surface area contributed by atoms with Gasteiger partial charge in [-0.15, -0.1) is 0 Å². The fourth-order valence-corrected chi connectivity index (χ4v) is 2.17. The van der Waals surface area contributed by atoms with Crippen molar-refractivity contribution in [3.05, 3.63) is 60.2 Å². The van der Waals surface area contributed by atoms with E-state index >= 15 is 0 Å². The smallest absolute Gasteiger partial charge is 0.387 e. The number of anilines is 1. The first-order valence-corrected chi connectivity index (χ1v) is 6.99. The van der Waals surface area contributed by atoms with Crippen LogP contribution in [0.2, 0.25) is 0 Å². The number of halogens is 2. The van der Waals surface area contributed by atoms with Gasteiger partial charge in [-0.05, 0) is 24.6 Å². The van der Waals surface area contributed by atoms with E-state index in [0.717, 1.165) is 0 Å². The molecule has 0 aliphatic carbocycles. The molecule has 0 fully saturated rings. The Balaban J connectivity index is 2.02. The molecule has 2 N–H and O–H groups in total. The second-order valence-electron chi connectivity index (χ2n) is 5.27. The van der Waals surface area contributed by atoms with E-state index in [1.807, 2.05) is 6.07 Å². The first kappa shape index (κ1) is 16.9. The third-order valence-electron chi connectivity index (χ3n) is 3.24. The van der Waals surface area contributed by atoms with E-state index in [4.69, 9.17) is 0 Å². The highest BCUT2D eigenvalue weighted by Crippen LogP contribution is 2.25. The number of carbonyl (C=O) groups is 1. The molecule has 4 nitrogen and oxygen atoms in total. The SMILES string of the molecule is CC(O)(CC(=O)Nc1cccc(OC(F)F)c1)c1ccccc1. The van der Waals surface area contributed by atoms with Crippen molar-refractivity contribution in [3.8, 4) is 5.75 Å². The lowest BCUT2D eigenvalue weighted by molar-refractivity contribution is -0.120. The van der Waals surface area contributed by atoms with Crippen LogP contribution in [0.25, 0.3) is 0 Å². The Labute approximate surface area is 132 Å². The van der Waals surface area contributed by atoms with Gasteiger partial charge < -0.3 is 15.2 Å². The third kappa shape index (κ3) is 5.03. The minimum Gasteiger partial charge on any atom is -0.435 e. The molecule has 1 amide bonds. The third-order valence-corrected chi connectivity index (χ3v) is 3.24. The number of hydrogen-bond donors (Lipinski definition) is 2. The highest BCUT2D eigenvalue weighted by atomic mass is 19.3. The summed E-state index contributed by atoms with van der Waals surface area (Å²) >= 11 is 0. The van der Waals surface area contributed by atoms with Gasteiger partial charge in [0.15, 0.2) is 0 Å². The summed E-state index contributed by atoms with van der Waals surface area (Å²) < 4.78 is 28.6. The summed E-state index contributed by atoms with van der Waals surface area (Å²) in [5.41, 5.74) is -0.399. The second-order valence-corrected chi connectivity index (χ2v) is 5.27. The molecule has 0 spiro atoms. The molecule has 0 aliphatic rings. The van der Waals surface area contributed by atoms with Gasteiger partial charge in [0.25, 0.3) is 0 Å². The fourth-order valence-electron chi connectivity index (χ4n) is 2.17. The van der Waals surface area contributed by atoms with E-state index in [-0.39, 0.29) is 12.2 Å². The Morgan fingerprint density at radius 1 is 1.22 bits per heavy atom. The lowest BCUT2D eigenvalue weighted by atomic mass is 9.92. The summed E-state index contributed by atoms with van der Waals surface area (Å²) in [4.78, 5) is 12.1. The van der Waals surface area contributed by atoms with Gasteiger partial charge in [-0.2, -0.15) is 8.78 Å². The fraction of sp³-hybridized carbons (Fsp3) is 0.235. The zero-order chi connectivity index (χ0) is 16.9. The maximum absolute atomic E-state index is 12.2. The van der Waals surface area contributed by atoms with Crippen molar-refractivity contribution in [1.82, 2.24) is 0 Å². The van der Waals surface area contributed by atoms with Gasteiger partial charge in [0, 0.05) is 11.8 Å². The highest BCUT2D eigenvalue weighted by Gasteiger charge is 2.26. The van der Waals surface area contributed by atoms with Crippen molar-refractivity contribution < 1.29 is 23.4 Å². The Morgan fingerprint density at radius 3 is 2.57 bits per heavy atom. The predicted octanol–water partition coefficient (Wildman–Crippen LogP) is 3.52. The van der Waals surface area contributed by atoms with E-state index < -0.39 is 18.1 Å². The van der Waals surface area contributed by atoms with Crippen LogP contribution in [0.3, 0.4) is 0 Å². The maximum Gasteiger partial charge on any atom is 0.387 e. The van der Waals surface area contributed by atoms with Crippen molar-refractivity contribution in [1.29, 1.82) is 0 Å². The predicted molar refractivity (Wildman–Crippen MR) is 82.3 cm³/mol. The van der Waals surface area contributed by atoms with Gasteiger partial charge >= 0.3 is 6.61 Å². The van der Waals surface area contributed by atoms with Crippen LogP contribution in [0, 0.1) is 0 Å². The molecule has 0 bridgehead atoms. The molecular weight excluding hydrogens is 304 g/mol. The number of rotatable bonds is 6. The molecule has 0 aromatic heterocycles. The molecule has 0 saturated heterocycles. The maximum atomic E-state index is 12.2. The lowest BCUT2D eigenvalue weighted by Crippen LogP contribution is -2.28. The topological polar surface area (TPSA) is 58.6 Å². The summed E-state index contributed by atoms with van der Waals surface area (Å²) in [5, 5.41) is 13.0. The summed E-state index contributed by atoms with van der Waals surface area (Å²) in [6.45, 7) is -1.39. The Bertz CT molecular complexity index is 660. The second kappa shape index (κ2) is 7.19. The van der Waals surface area contributed by atoms with Crippen LogP contribution in [0.1, 0.15) is 18.9 Å². The van der Waals surface area contributed by atoms with Gasteiger partial charge in [0.1, 0.15) is 5.75 Å². The minimum atomic E-state index is -2.93. The summed E-state index contributed by atoms with van der Waals surface area (Å²) in [6.07, 6.45) is -0.170. The molecule has 2 aromatic rings. The summed E-state index contributed by atoms with van der Waals surface area (Å²) in [6, 6.07) is 14.5. The number of benzene rings is 2. The van der Waals surface area contributed by atoms with Gasteiger partial charge in [-0.3, -0.25) is 4.79 Å². The molecule has 0 saturated carbocycles. The first-order valence-electron chi connectivity index (χ1n) is 6.99. The van der Waals surface area contributed by atoms with Gasteiger partial charge in [0.05, 0.1) is 12.0 Å². The Kier molecular flexibility index (Phi) is 5.28. The number of ether oxygens (including phenoxy) is 1. The molecule has 1 atom stereocenters. The van der Waals surface area contributed by atoms with Crippen LogP contribution in [0.5, 0.6) is 5.75 Å². The van der Waals surface area contributed by atoms with E-state index in [0.29, 0.717) is 11.3 Å².